The molecule has 40 valence electrons. The summed E-state index contributed by atoms with van der Waals surface area (Å²) >= 11 is 9.60. The summed E-state index contributed by atoms with van der Waals surface area (Å²) in [6, 6.07) is 0. The summed E-state index contributed by atoms with van der Waals surface area (Å²) in [5, 5.41) is 0. The van der Waals surface area contributed by atoms with Gasteiger partial charge in [-0.25, -0.2) is 0 Å². The Kier molecular flexibility index (Phi) is 1.60. The second-order valence-corrected chi connectivity index (χ2v) is 2.20. The maximum Gasteiger partial charge on any atom is 0.0740 e. The minimum atomic E-state index is 0.655. The summed E-state index contributed by atoms with van der Waals surface area (Å²) in [6.07, 6.45) is 4.94. The Balaban J connectivity index is 2.89. The van der Waals surface area contributed by atoms with Crippen LogP contribution in [0.1, 0.15) is 0 Å². The van der Waals surface area contributed by atoms with Crippen LogP contribution in [0.25, 0.3) is 0 Å². The first kappa shape index (κ1) is 5.72. The van der Waals surface area contributed by atoms with Gasteiger partial charge in [0.15, 0.2) is 0 Å². The molecular weight excluding hydrogens is 138 g/mol. The van der Waals surface area contributed by atoms with Crippen LogP contribution in [0.3, 0.4) is 0 Å². The minimum Gasteiger partial charge on any atom is -0.263 e. The van der Waals surface area contributed by atoms with E-state index in [1.807, 2.05) is 0 Å². The first-order chi connectivity index (χ1) is 3.80. The average molecular weight is 141 g/mol. The summed E-state index contributed by atoms with van der Waals surface area (Å²) < 4.78 is 0. The van der Waals surface area contributed by atoms with Gasteiger partial charge < -0.3 is 0 Å². The molecule has 0 spiro atoms. The molecule has 0 aliphatic carbocycles. The number of nitrogens with zero attached hydrogens (tertiary/aromatic N) is 1. The van der Waals surface area contributed by atoms with Gasteiger partial charge in [0.25, 0.3) is 0 Å². The Labute approximate surface area is 58.1 Å². The summed E-state index contributed by atoms with van der Waals surface area (Å²) in [5.41, 5.74) is 0. The lowest BCUT2D eigenvalue weighted by Gasteiger charge is -1.94. The van der Waals surface area contributed by atoms with Crippen LogP contribution in [0.5, 0.6) is 0 Å². The molecule has 0 N–H and O–H groups in total. The fourth-order valence-electron chi connectivity index (χ4n) is 0.367. The average Bonchev–Trinajstić information content (AvgIpc) is 1.77. The molecule has 0 radical (unpaired) electrons. The van der Waals surface area contributed by atoms with E-state index in [1.54, 1.807) is 18.5 Å². The van der Waals surface area contributed by atoms with E-state index in [9.17, 15) is 0 Å². The number of aliphatic imine (C=N–C) groups is 1. The first-order valence-electron chi connectivity index (χ1n) is 2.09. The van der Waals surface area contributed by atoms with E-state index in [2.05, 4.69) is 4.99 Å². The summed E-state index contributed by atoms with van der Waals surface area (Å²) in [7, 11) is 0. The van der Waals surface area contributed by atoms with E-state index in [4.69, 9.17) is 24.4 Å². The van der Waals surface area contributed by atoms with Crippen molar-refractivity contribution >= 4 is 40.4 Å². The summed E-state index contributed by atoms with van der Waals surface area (Å²) in [4.78, 5) is 5.13. The van der Waals surface area contributed by atoms with Crippen molar-refractivity contribution in [1.82, 2.24) is 0 Å². The largest absolute Gasteiger partial charge is 0.263 e. The zero-order chi connectivity index (χ0) is 5.98. The molecule has 0 saturated carbocycles. The topological polar surface area (TPSA) is 12.4 Å². The Bertz CT molecular complexity index is 169. The molecule has 1 nitrogen and oxygen atoms in total. The van der Waals surface area contributed by atoms with Gasteiger partial charge in [-0.3, -0.25) is 4.99 Å². The molecule has 0 unspecified atom stereocenters. The van der Waals surface area contributed by atoms with E-state index in [-0.39, 0.29) is 0 Å². The molecule has 0 aromatic rings. The monoisotopic (exact) mass is 141 g/mol. The highest BCUT2D eigenvalue weighted by atomic mass is 32.1. The predicted octanol–water partition coefficient (Wildman–Crippen LogP) is 1.32. The van der Waals surface area contributed by atoms with Crippen LogP contribution >= 0.6 is 24.4 Å². The van der Waals surface area contributed by atoms with Crippen LogP contribution < -0.4 is 0 Å². The molecule has 0 aromatic carbocycles. The van der Waals surface area contributed by atoms with E-state index in [0.717, 1.165) is 0 Å². The van der Waals surface area contributed by atoms with E-state index in [0.29, 0.717) is 9.73 Å². The number of hydrogen-bond donors (Lipinski definition) is 0. The Morgan fingerprint density at radius 2 is 2.00 bits per heavy atom. The minimum absolute atomic E-state index is 0.655. The van der Waals surface area contributed by atoms with Crippen LogP contribution in [0, 0.1) is 0 Å². The molecule has 0 atom stereocenters. The molecular formula is C5H3NS2. The number of thiocarbonyl (C=S) groups is 2. The zero-order valence-electron chi connectivity index (χ0n) is 4.00. The lowest BCUT2D eigenvalue weighted by molar-refractivity contribution is 1.62. The highest BCUT2D eigenvalue weighted by Crippen LogP contribution is 1.91. The van der Waals surface area contributed by atoms with E-state index in [1.165, 1.54) is 0 Å². The lowest BCUT2D eigenvalue weighted by atomic mass is 10.3. The second-order valence-electron chi connectivity index (χ2n) is 1.32. The maximum absolute atomic E-state index is 4.81. The van der Waals surface area contributed by atoms with Gasteiger partial charge in [0.05, 0.1) is 9.73 Å². The highest BCUT2D eigenvalue weighted by molar-refractivity contribution is 7.91. The van der Waals surface area contributed by atoms with Gasteiger partial charge in [-0.05, 0) is 6.08 Å². The molecule has 0 bridgehead atoms. The molecule has 0 aromatic heterocycles. The number of allylic oxidation sites excluding steroid dienone is 1. The molecule has 1 heterocycles. The van der Waals surface area contributed by atoms with Crippen LogP contribution in [0.15, 0.2) is 17.3 Å². The van der Waals surface area contributed by atoms with Gasteiger partial charge in [-0.2, -0.15) is 0 Å². The molecule has 0 amide bonds. The molecule has 0 saturated heterocycles. The van der Waals surface area contributed by atoms with Crippen molar-refractivity contribution in [2.24, 2.45) is 4.99 Å². The van der Waals surface area contributed by atoms with Gasteiger partial charge in [-0.15, -0.1) is 0 Å². The quantitative estimate of drug-likeness (QED) is 0.472. The standard InChI is InChI=1S/C5H3NS2/c7-4-1-2-6-3-5(4)8/h1-3H. The van der Waals surface area contributed by atoms with Crippen molar-refractivity contribution in [1.29, 1.82) is 0 Å². The molecule has 1 aliphatic rings. The zero-order valence-corrected chi connectivity index (χ0v) is 5.63. The van der Waals surface area contributed by atoms with Crippen molar-refractivity contribution in [3.63, 3.8) is 0 Å². The van der Waals surface area contributed by atoms with E-state index >= 15 is 0 Å². The van der Waals surface area contributed by atoms with Crippen molar-refractivity contribution in [3.05, 3.63) is 12.3 Å². The number of rotatable bonds is 0. The van der Waals surface area contributed by atoms with Crippen molar-refractivity contribution in [2.75, 3.05) is 0 Å². The lowest BCUT2D eigenvalue weighted by Crippen LogP contribution is -2.09. The third-order valence-electron chi connectivity index (χ3n) is 0.747. The van der Waals surface area contributed by atoms with Crippen LogP contribution in [0.4, 0.5) is 0 Å². The second kappa shape index (κ2) is 2.24. The highest BCUT2D eigenvalue weighted by Gasteiger charge is 1.98. The first-order valence-corrected chi connectivity index (χ1v) is 2.90. The van der Waals surface area contributed by atoms with Gasteiger partial charge in [0.1, 0.15) is 0 Å². The van der Waals surface area contributed by atoms with Crippen molar-refractivity contribution < 1.29 is 0 Å². The van der Waals surface area contributed by atoms with Crippen LogP contribution in [-0.2, 0) is 0 Å². The van der Waals surface area contributed by atoms with Gasteiger partial charge >= 0.3 is 0 Å². The van der Waals surface area contributed by atoms with Crippen LogP contribution in [-0.4, -0.2) is 15.9 Å². The van der Waals surface area contributed by atoms with E-state index < -0.39 is 0 Å². The molecule has 1 aliphatic heterocycles. The van der Waals surface area contributed by atoms with Crippen molar-refractivity contribution in [2.45, 2.75) is 0 Å². The van der Waals surface area contributed by atoms with Gasteiger partial charge in [-0.1, -0.05) is 24.4 Å². The van der Waals surface area contributed by atoms with Gasteiger partial charge in [0.2, 0.25) is 0 Å². The Morgan fingerprint density at radius 1 is 1.25 bits per heavy atom. The van der Waals surface area contributed by atoms with Crippen LogP contribution in [0.2, 0.25) is 0 Å². The van der Waals surface area contributed by atoms with Crippen molar-refractivity contribution in [3.8, 4) is 0 Å². The smallest absolute Gasteiger partial charge is 0.0740 e. The molecule has 0 fully saturated rings. The Morgan fingerprint density at radius 3 is 2.38 bits per heavy atom. The fourth-order valence-corrected chi connectivity index (χ4v) is 0.610. The normalized spacial score (nSPS) is 17.5. The third kappa shape index (κ3) is 1.05. The maximum atomic E-state index is 4.81. The number of hydrogen-bond acceptors (Lipinski definition) is 3. The predicted molar refractivity (Wildman–Crippen MR) is 42.8 cm³/mol. The summed E-state index contributed by atoms with van der Waals surface area (Å²) in [5.74, 6) is 0. The SMILES string of the molecule is S=C1C=CN=CC1=S. The fraction of sp³-hybridized carbons (Fsp3) is 0. The third-order valence-corrected chi connectivity index (χ3v) is 1.56. The molecule has 3 heteroatoms. The Hall–Kier alpha value is -0.410. The molecule has 8 heavy (non-hydrogen) atoms. The molecule has 1 rings (SSSR count). The van der Waals surface area contributed by atoms with Gasteiger partial charge in [0, 0.05) is 12.4 Å². The summed E-state index contributed by atoms with van der Waals surface area (Å²) in [6.45, 7) is 0.